The molecule has 1 N–H and O–H groups in total. The van der Waals surface area contributed by atoms with E-state index in [2.05, 4.69) is 15.3 Å². The molecular weight excluding hydrogens is 400 g/mol. The Bertz CT molecular complexity index is 1260. The largest absolute Gasteiger partial charge is 0.497 e. The van der Waals surface area contributed by atoms with Crippen LogP contribution in [0.5, 0.6) is 23.1 Å². The summed E-state index contributed by atoms with van der Waals surface area (Å²) >= 11 is 0. The molecule has 1 heterocycles. The van der Waals surface area contributed by atoms with Crippen molar-refractivity contribution in [1.82, 2.24) is 9.97 Å². The number of ether oxygens (including phenoxy) is 3. The molecule has 4 rings (SSSR count). The molecule has 0 radical (unpaired) electrons. The fourth-order valence-corrected chi connectivity index (χ4v) is 3.08. The molecular formula is C22H18N4O5. The lowest BCUT2D eigenvalue weighted by molar-refractivity contribution is -0.385. The second kappa shape index (κ2) is 8.54. The van der Waals surface area contributed by atoms with Crippen LogP contribution in [0.25, 0.3) is 10.8 Å². The quantitative estimate of drug-likeness (QED) is 0.326. The van der Waals surface area contributed by atoms with Crippen molar-refractivity contribution < 1.29 is 19.1 Å². The van der Waals surface area contributed by atoms with Gasteiger partial charge in [0, 0.05) is 6.07 Å². The molecule has 0 aliphatic heterocycles. The van der Waals surface area contributed by atoms with E-state index in [0.29, 0.717) is 22.9 Å². The number of nitrogens with zero attached hydrogens (tertiary/aromatic N) is 3. The Morgan fingerprint density at radius 1 is 0.903 bits per heavy atom. The number of hydrogen-bond acceptors (Lipinski definition) is 8. The highest BCUT2D eigenvalue weighted by atomic mass is 16.6. The lowest BCUT2D eigenvalue weighted by atomic mass is 10.1. The maximum atomic E-state index is 11.9. The second-order valence-corrected chi connectivity index (χ2v) is 6.44. The molecule has 0 amide bonds. The van der Waals surface area contributed by atoms with E-state index in [-0.39, 0.29) is 11.7 Å². The van der Waals surface area contributed by atoms with Crippen molar-refractivity contribution in [2.75, 3.05) is 19.5 Å². The Kier molecular flexibility index (Phi) is 5.48. The van der Waals surface area contributed by atoms with Gasteiger partial charge in [-0.3, -0.25) is 10.1 Å². The SMILES string of the molecule is COc1ccc(OC)c(Nc2ncnc(Oc3ccc4ccccc4c3)c2[N+](=O)[O-])c1. The Morgan fingerprint density at radius 3 is 2.42 bits per heavy atom. The van der Waals surface area contributed by atoms with Gasteiger partial charge in [-0.15, -0.1) is 0 Å². The van der Waals surface area contributed by atoms with Gasteiger partial charge in [-0.25, -0.2) is 4.98 Å². The zero-order valence-electron chi connectivity index (χ0n) is 16.7. The van der Waals surface area contributed by atoms with Crippen molar-refractivity contribution >= 4 is 28.0 Å². The third-order valence-corrected chi connectivity index (χ3v) is 4.57. The second-order valence-electron chi connectivity index (χ2n) is 6.44. The maximum absolute atomic E-state index is 11.9. The molecule has 0 bridgehead atoms. The predicted octanol–water partition coefficient (Wildman–Crippen LogP) is 5.09. The van der Waals surface area contributed by atoms with Crippen LogP contribution >= 0.6 is 0 Å². The van der Waals surface area contributed by atoms with Crippen LogP contribution in [-0.2, 0) is 0 Å². The summed E-state index contributed by atoms with van der Waals surface area (Å²) in [5.41, 5.74) is 0.0424. The predicted molar refractivity (Wildman–Crippen MR) is 116 cm³/mol. The summed E-state index contributed by atoms with van der Waals surface area (Å²) in [7, 11) is 3.02. The molecule has 31 heavy (non-hydrogen) atoms. The average molecular weight is 418 g/mol. The van der Waals surface area contributed by atoms with Crippen LogP contribution < -0.4 is 19.5 Å². The van der Waals surface area contributed by atoms with Crippen LogP contribution in [-0.4, -0.2) is 29.1 Å². The van der Waals surface area contributed by atoms with Gasteiger partial charge in [0.15, 0.2) is 0 Å². The van der Waals surface area contributed by atoms with Crippen molar-refractivity contribution in [2.24, 2.45) is 0 Å². The number of nitro groups is 1. The summed E-state index contributed by atoms with van der Waals surface area (Å²) < 4.78 is 16.3. The molecule has 156 valence electrons. The van der Waals surface area contributed by atoms with Gasteiger partial charge >= 0.3 is 11.6 Å². The van der Waals surface area contributed by atoms with Gasteiger partial charge in [0.1, 0.15) is 23.6 Å². The van der Waals surface area contributed by atoms with Gasteiger partial charge in [-0.2, -0.15) is 4.98 Å². The van der Waals surface area contributed by atoms with Crippen LogP contribution in [0.15, 0.2) is 67.0 Å². The van der Waals surface area contributed by atoms with E-state index >= 15 is 0 Å². The molecule has 0 unspecified atom stereocenters. The van der Waals surface area contributed by atoms with Crippen LogP contribution in [0, 0.1) is 10.1 Å². The molecule has 0 aliphatic carbocycles. The first-order valence-corrected chi connectivity index (χ1v) is 9.24. The first-order valence-electron chi connectivity index (χ1n) is 9.24. The Balaban J connectivity index is 1.72. The third kappa shape index (κ3) is 4.15. The first kappa shape index (κ1) is 19.9. The molecule has 9 nitrogen and oxygen atoms in total. The van der Waals surface area contributed by atoms with Gasteiger partial charge in [0.2, 0.25) is 5.82 Å². The minimum atomic E-state index is -0.592. The number of anilines is 2. The number of nitrogens with one attached hydrogen (secondary N) is 1. The number of fused-ring (bicyclic) bond motifs is 1. The highest BCUT2D eigenvalue weighted by Gasteiger charge is 2.26. The molecule has 0 saturated heterocycles. The van der Waals surface area contributed by atoms with Crippen LogP contribution in [0.1, 0.15) is 0 Å². The molecule has 0 atom stereocenters. The van der Waals surface area contributed by atoms with Crippen molar-refractivity contribution in [3.05, 3.63) is 77.1 Å². The molecule has 0 aliphatic rings. The average Bonchev–Trinajstić information content (AvgIpc) is 2.79. The topological polar surface area (TPSA) is 109 Å². The Hall–Kier alpha value is -4.40. The highest BCUT2D eigenvalue weighted by Crippen LogP contribution is 2.38. The van der Waals surface area contributed by atoms with Crippen LogP contribution in [0.3, 0.4) is 0 Å². The minimum absolute atomic E-state index is 0.0395. The van der Waals surface area contributed by atoms with Gasteiger partial charge in [0.25, 0.3) is 0 Å². The molecule has 9 heteroatoms. The molecule has 1 aromatic heterocycles. The number of benzene rings is 3. The number of hydrogen-bond donors (Lipinski definition) is 1. The lowest BCUT2D eigenvalue weighted by Gasteiger charge is -2.13. The zero-order chi connectivity index (χ0) is 21.8. The fourth-order valence-electron chi connectivity index (χ4n) is 3.08. The minimum Gasteiger partial charge on any atom is -0.497 e. The molecule has 0 fully saturated rings. The molecule has 3 aromatic carbocycles. The van der Waals surface area contributed by atoms with E-state index in [9.17, 15) is 10.1 Å². The van der Waals surface area contributed by atoms with E-state index in [1.54, 1.807) is 30.3 Å². The van der Waals surface area contributed by atoms with Crippen molar-refractivity contribution in [3.8, 4) is 23.1 Å². The molecule has 0 spiro atoms. The normalized spacial score (nSPS) is 10.5. The summed E-state index contributed by atoms with van der Waals surface area (Å²) in [6, 6.07) is 18.2. The maximum Gasteiger partial charge on any atom is 0.373 e. The standard InChI is InChI=1S/C22H18N4O5/c1-29-16-9-10-19(30-2)18(12-16)25-21-20(26(27)28)22(24-13-23-21)31-17-8-7-14-5-3-4-6-15(14)11-17/h3-13H,1-2H3,(H,23,24,25). The van der Waals surface area contributed by atoms with Crippen LogP contribution in [0.2, 0.25) is 0 Å². The lowest BCUT2D eigenvalue weighted by Crippen LogP contribution is -2.04. The van der Waals surface area contributed by atoms with Crippen molar-refractivity contribution in [3.63, 3.8) is 0 Å². The highest BCUT2D eigenvalue weighted by molar-refractivity contribution is 5.84. The van der Waals surface area contributed by atoms with Gasteiger partial charge in [-0.05, 0) is 35.0 Å². The van der Waals surface area contributed by atoms with Gasteiger partial charge in [0.05, 0.1) is 24.8 Å². The summed E-state index contributed by atoms with van der Waals surface area (Å²) in [6.45, 7) is 0. The summed E-state index contributed by atoms with van der Waals surface area (Å²) in [5.74, 6) is 1.21. The summed E-state index contributed by atoms with van der Waals surface area (Å²) in [6.07, 6.45) is 1.19. The van der Waals surface area contributed by atoms with Crippen LogP contribution in [0.4, 0.5) is 17.2 Å². The summed E-state index contributed by atoms with van der Waals surface area (Å²) in [5, 5.41) is 16.8. The van der Waals surface area contributed by atoms with E-state index in [0.717, 1.165) is 10.8 Å². The Morgan fingerprint density at radius 2 is 1.68 bits per heavy atom. The molecule has 4 aromatic rings. The fraction of sp³-hybridized carbons (Fsp3) is 0.0909. The first-order chi connectivity index (χ1) is 15.1. The van der Waals surface area contributed by atoms with E-state index in [4.69, 9.17) is 14.2 Å². The van der Waals surface area contributed by atoms with Gasteiger partial charge < -0.3 is 19.5 Å². The monoisotopic (exact) mass is 418 g/mol. The third-order valence-electron chi connectivity index (χ3n) is 4.57. The van der Waals surface area contributed by atoms with E-state index in [1.165, 1.54) is 20.5 Å². The van der Waals surface area contributed by atoms with Crippen molar-refractivity contribution in [1.29, 1.82) is 0 Å². The summed E-state index contributed by atoms with van der Waals surface area (Å²) in [4.78, 5) is 19.3. The zero-order valence-corrected chi connectivity index (χ0v) is 16.7. The Labute approximate surface area is 177 Å². The number of methoxy groups -OCH3 is 2. The molecule has 0 saturated carbocycles. The smallest absolute Gasteiger partial charge is 0.373 e. The number of rotatable bonds is 7. The van der Waals surface area contributed by atoms with E-state index < -0.39 is 10.6 Å². The number of aromatic nitrogens is 2. The van der Waals surface area contributed by atoms with Crippen molar-refractivity contribution in [2.45, 2.75) is 0 Å². The van der Waals surface area contributed by atoms with E-state index in [1.807, 2.05) is 30.3 Å². The van der Waals surface area contributed by atoms with Gasteiger partial charge in [-0.1, -0.05) is 30.3 Å².